The summed E-state index contributed by atoms with van der Waals surface area (Å²) in [4.78, 5) is 15.2. The molecule has 1 unspecified atom stereocenters. The van der Waals surface area contributed by atoms with Crippen LogP contribution in [-0.4, -0.2) is 60.6 Å². The molecule has 11 heteroatoms. The Morgan fingerprint density at radius 2 is 1.83 bits per heavy atom. The maximum Gasteiger partial charge on any atom is 0.251 e. The summed E-state index contributed by atoms with van der Waals surface area (Å²) in [6.07, 6.45) is 5.84. The molecule has 5 aromatic rings. The number of halogens is 2. The molecule has 0 aliphatic carbocycles. The number of aryl methyl sites for hydroxylation is 1. The van der Waals surface area contributed by atoms with E-state index in [1.807, 2.05) is 60.4 Å². The minimum Gasteiger partial charge on any atom is -0.489 e. The summed E-state index contributed by atoms with van der Waals surface area (Å²) in [5, 5.41) is 8.34. The van der Waals surface area contributed by atoms with Crippen molar-refractivity contribution in [3.05, 3.63) is 72.9 Å². The van der Waals surface area contributed by atoms with Crippen LogP contribution in [0.3, 0.4) is 0 Å². The number of hydrogen-bond acceptors (Lipinski definition) is 8. The normalized spacial score (nSPS) is 20.6. The zero-order chi connectivity index (χ0) is 27.9. The molecule has 0 spiro atoms. The van der Waals surface area contributed by atoms with Crippen molar-refractivity contribution in [1.29, 1.82) is 0 Å². The van der Waals surface area contributed by atoms with E-state index in [0.29, 0.717) is 23.0 Å². The summed E-state index contributed by atoms with van der Waals surface area (Å²) in [5.74, 6) is 2.72. The van der Waals surface area contributed by atoms with Crippen LogP contribution in [0.25, 0.3) is 16.6 Å². The van der Waals surface area contributed by atoms with Crippen LogP contribution >= 0.6 is 0 Å². The Morgan fingerprint density at radius 1 is 0.976 bits per heavy atom. The molecule has 2 aromatic carbocycles. The number of fused-ring (bicyclic) bond motifs is 4. The van der Waals surface area contributed by atoms with E-state index < -0.39 is 6.43 Å². The number of nitrogens with one attached hydrogen (secondary N) is 1. The number of nitrogens with zero attached hydrogens (tertiary/aromatic N) is 6. The van der Waals surface area contributed by atoms with E-state index in [1.54, 1.807) is 10.7 Å². The van der Waals surface area contributed by atoms with Crippen molar-refractivity contribution in [1.82, 2.24) is 29.5 Å². The fourth-order valence-electron chi connectivity index (χ4n) is 6.19. The van der Waals surface area contributed by atoms with Crippen molar-refractivity contribution in [2.75, 3.05) is 11.9 Å². The molecule has 0 amide bonds. The van der Waals surface area contributed by atoms with Gasteiger partial charge in [0.25, 0.3) is 6.43 Å². The van der Waals surface area contributed by atoms with Crippen molar-refractivity contribution < 1.29 is 18.3 Å². The quantitative estimate of drug-likeness (QED) is 0.243. The predicted molar refractivity (Wildman–Crippen MR) is 150 cm³/mol. The van der Waals surface area contributed by atoms with Gasteiger partial charge in [-0.3, -0.25) is 4.90 Å². The SMILES string of the molecule is Cc1cc(Nc2ncnc3cccc(OC4C[C@H]5CC[C@@H](C4)N5CC(F)F)c23)ccc1Oc1ccn2ncnc2c1. The van der Waals surface area contributed by atoms with Gasteiger partial charge in [0, 0.05) is 30.0 Å². The molecule has 2 bridgehead atoms. The first-order chi connectivity index (χ1) is 20.0. The minimum absolute atomic E-state index is 0.0456. The molecule has 2 fully saturated rings. The van der Waals surface area contributed by atoms with Crippen LogP contribution in [-0.2, 0) is 0 Å². The number of rotatable bonds is 8. The molecule has 41 heavy (non-hydrogen) atoms. The zero-order valence-electron chi connectivity index (χ0n) is 22.5. The van der Waals surface area contributed by atoms with E-state index in [4.69, 9.17) is 9.47 Å². The molecule has 0 saturated carbocycles. The zero-order valence-corrected chi connectivity index (χ0v) is 22.5. The van der Waals surface area contributed by atoms with Crippen LogP contribution in [0.15, 0.2) is 67.4 Å². The first-order valence-electron chi connectivity index (χ1n) is 13.8. The highest BCUT2D eigenvalue weighted by molar-refractivity contribution is 5.95. The number of benzene rings is 2. The fraction of sp³-hybridized carbons (Fsp3) is 0.333. The average molecular weight is 558 g/mol. The maximum atomic E-state index is 13.1. The fourth-order valence-corrected chi connectivity index (χ4v) is 6.19. The van der Waals surface area contributed by atoms with Crippen molar-refractivity contribution in [2.24, 2.45) is 0 Å². The second-order valence-electron chi connectivity index (χ2n) is 10.7. The number of anilines is 2. The van der Waals surface area contributed by atoms with Crippen LogP contribution in [0.5, 0.6) is 17.2 Å². The first-order valence-corrected chi connectivity index (χ1v) is 13.8. The Hall–Kier alpha value is -4.38. The summed E-state index contributed by atoms with van der Waals surface area (Å²) in [7, 11) is 0. The van der Waals surface area contributed by atoms with Gasteiger partial charge in [-0.25, -0.2) is 28.2 Å². The van der Waals surface area contributed by atoms with Crippen molar-refractivity contribution in [3.63, 3.8) is 0 Å². The van der Waals surface area contributed by atoms with E-state index in [2.05, 4.69) is 25.4 Å². The molecule has 9 nitrogen and oxygen atoms in total. The molecule has 0 radical (unpaired) electrons. The van der Waals surface area contributed by atoms with Crippen molar-refractivity contribution in [3.8, 4) is 17.2 Å². The third-order valence-corrected chi connectivity index (χ3v) is 8.03. The number of pyridine rings is 1. The second kappa shape index (κ2) is 10.5. The lowest BCUT2D eigenvalue weighted by atomic mass is 9.99. The lowest BCUT2D eigenvalue weighted by Gasteiger charge is -2.38. The molecule has 2 saturated heterocycles. The molecule has 3 atom stereocenters. The molecule has 7 rings (SSSR count). The van der Waals surface area contributed by atoms with E-state index >= 15 is 0 Å². The Kier molecular flexibility index (Phi) is 6.58. The Bertz CT molecular complexity index is 1690. The minimum atomic E-state index is -2.31. The number of piperidine rings is 1. The van der Waals surface area contributed by atoms with Crippen LogP contribution < -0.4 is 14.8 Å². The monoisotopic (exact) mass is 557 g/mol. The molecular formula is C30H29F2N7O2. The van der Waals surface area contributed by atoms with Gasteiger partial charge in [-0.2, -0.15) is 5.10 Å². The summed E-state index contributed by atoms with van der Waals surface area (Å²) in [5.41, 5.74) is 3.25. The second-order valence-corrected chi connectivity index (χ2v) is 10.7. The van der Waals surface area contributed by atoms with Crippen LogP contribution in [0.1, 0.15) is 31.2 Å². The van der Waals surface area contributed by atoms with Crippen LogP contribution in [0.4, 0.5) is 20.3 Å². The first kappa shape index (κ1) is 25.6. The molecule has 1 N–H and O–H groups in total. The molecular weight excluding hydrogens is 528 g/mol. The number of alkyl halides is 2. The van der Waals surface area contributed by atoms with Gasteiger partial charge >= 0.3 is 0 Å². The maximum absolute atomic E-state index is 13.1. The van der Waals surface area contributed by atoms with E-state index in [9.17, 15) is 8.78 Å². The van der Waals surface area contributed by atoms with Gasteiger partial charge in [-0.15, -0.1) is 0 Å². The summed E-state index contributed by atoms with van der Waals surface area (Å²) < 4.78 is 40.6. The molecule has 5 heterocycles. The predicted octanol–water partition coefficient (Wildman–Crippen LogP) is 6.16. The standard InChI is InChI=1S/C30H29F2N7O2/c1-18-11-19(5-8-25(18)40-22-9-10-39-28(14-22)34-17-36-39)37-30-29-24(33-16-35-30)3-2-4-26(29)41-23-12-20-6-7-21(13-23)38(20)15-27(31)32/h2-5,8-11,14,16-17,20-21,23,27H,6-7,12-13,15H2,1H3,(H,33,35,37)/t20-,21+,23?. The third-order valence-electron chi connectivity index (χ3n) is 8.03. The van der Waals surface area contributed by atoms with E-state index in [1.165, 1.54) is 12.7 Å². The lowest BCUT2D eigenvalue weighted by molar-refractivity contribution is 0.00794. The van der Waals surface area contributed by atoms with Crippen molar-refractivity contribution >= 4 is 28.1 Å². The van der Waals surface area contributed by atoms with Gasteiger partial charge in [0.15, 0.2) is 5.65 Å². The van der Waals surface area contributed by atoms with Gasteiger partial charge in [0.2, 0.25) is 0 Å². The van der Waals surface area contributed by atoms with Crippen LogP contribution in [0, 0.1) is 6.92 Å². The van der Waals surface area contributed by atoms with Crippen LogP contribution in [0.2, 0.25) is 0 Å². The van der Waals surface area contributed by atoms with E-state index in [-0.39, 0.29) is 24.7 Å². The Morgan fingerprint density at radius 3 is 2.63 bits per heavy atom. The number of aromatic nitrogens is 5. The van der Waals surface area contributed by atoms with Gasteiger partial charge in [-0.05, 0) is 74.6 Å². The highest BCUT2D eigenvalue weighted by Gasteiger charge is 2.42. The van der Waals surface area contributed by atoms with Gasteiger partial charge in [0.1, 0.15) is 41.8 Å². The van der Waals surface area contributed by atoms with Gasteiger partial charge in [0.05, 0.1) is 17.4 Å². The van der Waals surface area contributed by atoms with Gasteiger partial charge in [-0.1, -0.05) is 6.07 Å². The largest absolute Gasteiger partial charge is 0.489 e. The highest BCUT2D eigenvalue weighted by Crippen LogP contribution is 2.40. The van der Waals surface area contributed by atoms with Gasteiger partial charge < -0.3 is 14.8 Å². The molecule has 2 aliphatic rings. The topological polar surface area (TPSA) is 89.7 Å². The number of ether oxygens (including phenoxy) is 2. The van der Waals surface area contributed by atoms with E-state index in [0.717, 1.165) is 53.6 Å². The molecule has 3 aromatic heterocycles. The Balaban J connectivity index is 1.11. The Labute approximate surface area is 235 Å². The molecule has 2 aliphatic heterocycles. The lowest BCUT2D eigenvalue weighted by Crippen LogP contribution is -2.48. The summed E-state index contributed by atoms with van der Waals surface area (Å²) in [6.45, 7) is 1.83. The third kappa shape index (κ3) is 5.13. The van der Waals surface area contributed by atoms with Crippen molar-refractivity contribution in [2.45, 2.75) is 57.2 Å². The molecule has 210 valence electrons. The smallest absolute Gasteiger partial charge is 0.251 e. The average Bonchev–Trinajstić information content (AvgIpc) is 3.50. The summed E-state index contributed by atoms with van der Waals surface area (Å²) >= 11 is 0. The summed E-state index contributed by atoms with van der Waals surface area (Å²) in [6, 6.07) is 15.6. The number of hydrogen-bond donors (Lipinski definition) is 1. The highest BCUT2D eigenvalue weighted by atomic mass is 19.3.